The van der Waals surface area contributed by atoms with E-state index in [2.05, 4.69) is 31.9 Å². The lowest BCUT2D eigenvalue weighted by Gasteiger charge is -2.29. The Labute approximate surface area is 103 Å². The Balaban J connectivity index is 2.58. The highest BCUT2D eigenvalue weighted by Crippen LogP contribution is 2.19. The van der Waals surface area contributed by atoms with Crippen LogP contribution in [0.5, 0.6) is 0 Å². The summed E-state index contributed by atoms with van der Waals surface area (Å²) in [6, 6.07) is 7.96. The van der Waals surface area contributed by atoms with Gasteiger partial charge in [-0.2, -0.15) is 0 Å². The summed E-state index contributed by atoms with van der Waals surface area (Å²) in [7, 11) is 2.10. The highest BCUT2D eigenvalue weighted by Gasteiger charge is 2.18. The largest absolute Gasteiger partial charge is 0.330 e. The van der Waals surface area contributed by atoms with Crippen LogP contribution in [0.25, 0.3) is 0 Å². The summed E-state index contributed by atoms with van der Waals surface area (Å²) < 4.78 is 0. The smallest absolute Gasteiger partial charge is 0.0451 e. The molecule has 3 heteroatoms. The van der Waals surface area contributed by atoms with Crippen molar-refractivity contribution in [2.24, 2.45) is 11.1 Å². The van der Waals surface area contributed by atoms with Gasteiger partial charge >= 0.3 is 0 Å². The molecule has 2 nitrogen and oxygen atoms in total. The van der Waals surface area contributed by atoms with Gasteiger partial charge in [0.1, 0.15) is 0 Å². The Morgan fingerprint density at radius 1 is 1.31 bits per heavy atom. The van der Waals surface area contributed by atoms with Crippen LogP contribution < -0.4 is 5.73 Å². The predicted octanol–water partition coefficient (Wildman–Crippen LogP) is 2.76. The van der Waals surface area contributed by atoms with E-state index in [0.29, 0.717) is 6.54 Å². The molecule has 0 heterocycles. The number of nitrogens with zero attached hydrogens (tertiary/aromatic N) is 1. The Bertz CT molecular complexity index is 336. The minimum Gasteiger partial charge on any atom is -0.330 e. The highest BCUT2D eigenvalue weighted by atomic mass is 35.5. The van der Waals surface area contributed by atoms with Crippen molar-refractivity contribution in [3.63, 3.8) is 0 Å². The molecule has 0 atom stereocenters. The summed E-state index contributed by atoms with van der Waals surface area (Å²) >= 11 is 6.12. The van der Waals surface area contributed by atoms with E-state index in [1.54, 1.807) is 0 Å². The molecule has 0 spiro atoms. The molecule has 1 rings (SSSR count). The van der Waals surface area contributed by atoms with Crippen LogP contribution in [0.15, 0.2) is 24.3 Å². The van der Waals surface area contributed by atoms with E-state index >= 15 is 0 Å². The summed E-state index contributed by atoms with van der Waals surface area (Å²) in [6.45, 7) is 6.88. The number of hydrogen-bond donors (Lipinski definition) is 1. The fourth-order valence-electron chi connectivity index (χ4n) is 1.77. The second-order valence-corrected chi connectivity index (χ2v) is 5.54. The fourth-order valence-corrected chi connectivity index (χ4v) is 1.96. The van der Waals surface area contributed by atoms with Crippen LogP contribution in [0.2, 0.25) is 5.02 Å². The molecular weight excluding hydrogens is 220 g/mol. The van der Waals surface area contributed by atoms with Gasteiger partial charge in [-0.3, -0.25) is 0 Å². The lowest BCUT2D eigenvalue weighted by Crippen LogP contribution is -2.36. The van der Waals surface area contributed by atoms with Gasteiger partial charge < -0.3 is 10.6 Å². The third-order valence-corrected chi connectivity index (χ3v) is 3.02. The first-order valence-corrected chi connectivity index (χ1v) is 5.94. The van der Waals surface area contributed by atoms with E-state index in [1.807, 2.05) is 18.2 Å². The van der Waals surface area contributed by atoms with Gasteiger partial charge in [0, 0.05) is 18.1 Å². The summed E-state index contributed by atoms with van der Waals surface area (Å²) in [5.41, 5.74) is 7.04. The van der Waals surface area contributed by atoms with E-state index in [0.717, 1.165) is 18.1 Å². The second kappa shape index (κ2) is 5.67. The summed E-state index contributed by atoms with van der Waals surface area (Å²) in [5, 5.41) is 0.833. The molecule has 0 saturated heterocycles. The molecule has 0 aliphatic rings. The molecule has 0 radical (unpaired) electrons. The molecule has 0 amide bonds. The van der Waals surface area contributed by atoms with E-state index in [1.165, 1.54) is 5.56 Å². The van der Waals surface area contributed by atoms with E-state index in [9.17, 15) is 0 Å². The van der Waals surface area contributed by atoms with Crippen LogP contribution in [-0.2, 0) is 6.54 Å². The van der Waals surface area contributed by atoms with Crippen molar-refractivity contribution in [3.8, 4) is 0 Å². The minimum atomic E-state index is 0.149. The van der Waals surface area contributed by atoms with Crippen molar-refractivity contribution in [2.45, 2.75) is 20.4 Å². The van der Waals surface area contributed by atoms with Crippen LogP contribution >= 0.6 is 11.6 Å². The number of halogens is 1. The zero-order chi connectivity index (χ0) is 12.2. The Hall–Kier alpha value is -0.570. The van der Waals surface area contributed by atoms with E-state index in [4.69, 9.17) is 17.3 Å². The van der Waals surface area contributed by atoms with Crippen molar-refractivity contribution in [1.82, 2.24) is 4.90 Å². The van der Waals surface area contributed by atoms with Crippen LogP contribution in [-0.4, -0.2) is 25.0 Å². The van der Waals surface area contributed by atoms with Gasteiger partial charge in [0.25, 0.3) is 0 Å². The molecule has 0 bridgehead atoms. The monoisotopic (exact) mass is 240 g/mol. The minimum absolute atomic E-state index is 0.149. The maximum Gasteiger partial charge on any atom is 0.0451 e. The Morgan fingerprint density at radius 2 is 1.94 bits per heavy atom. The van der Waals surface area contributed by atoms with Gasteiger partial charge in [0.15, 0.2) is 0 Å². The average molecular weight is 241 g/mol. The standard InChI is InChI=1S/C13H21ClN2/c1-13(2,9-15)10-16(3)8-11-6-4-5-7-12(11)14/h4-7H,8-10,15H2,1-3H3. The zero-order valence-corrected chi connectivity index (χ0v) is 11.1. The van der Waals surface area contributed by atoms with Crippen molar-refractivity contribution < 1.29 is 0 Å². The molecule has 0 aliphatic heterocycles. The number of hydrogen-bond acceptors (Lipinski definition) is 2. The average Bonchev–Trinajstić information content (AvgIpc) is 2.21. The molecule has 16 heavy (non-hydrogen) atoms. The van der Waals surface area contributed by atoms with Crippen LogP contribution in [0.4, 0.5) is 0 Å². The second-order valence-electron chi connectivity index (χ2n) is 5.13. The van der Waals surface area contributed by atoms with Crippen molar-refractivity contribution >= 4 is 11.6 Å². The van der Waals surface area contributed by atoms with Gasteiger partial charge in [0.05, 0.1) is 0 Å². The van der Waals surface area contributed by atoms with E-state index < -0.39 is 0 Å². The van der Waals surface area contributed by atoms with Crippen molar-refractivity contribution in [2.75, 3.05) is 20.1 Å². The zero-order valence-electron chi connectivity index (χ0n) is 10.3. The summed E-state index contributed by atoms with van der Waals surface area (Å²) in [6.07, 6.45) is 0. The topological polar surface area (TPSA) is 29.3 Å². The molecule has 0 saturated carbocycles. The molecule has 1 aromatic rings. The Kier molecular flexibility index (Phi) is 4.78. The molecular formula is C13H21ClN2. The first-order valence-electron chi connectivity index (χ1n) is 5.56. The molecule has 2 N–H and O–H groups in total. The molecule has 0 aliphatic carbocycles. The maximum atomic E-state index is 6.12. The van der Waals surface area contributed by atoms with E-state index in [-0.39, 0.29) is 5.41 Å². The third-order valence-electron chi connectivity index (χ3n) is 2.65. The SMILES string of the molecule is CN(Cc1ccccc1Cl)CC(C)(C)CN. The van der Waals surface area contributed by atoms with Gasteiger partial charge in [-0.1, -0.05) is 43.6 Å². The van der Waals surface area contributed by atoms with Gasteiger partial charge in [-0.25, -0.2) is 0 Å². The lowest BCUT2D eigenvalue weighted by molar-refractivity contribution is 0.210. The van der Waals surface area contributed by atoms with Gasteiger partial charge in [-0.15, -0.1) is 0 Å². The third kappa shape index (κ3) is 4.12. The number of nitrogens with two attached hydrogens (primary N) is 1. The molecule has 90 valence electrons. The van der Waals surface area contributed by atoms with Gasteiger partial charge in [-0.05, 0) is 30.6 Å². The number of rotatable bonds is 5. The van der Waals surface area contributed by atoms with Crippen LogP contribution in [0, 0.1) is 5.41 Å². The normalized spacial score (nSPS) is 12.1. The predicted molar refractivity (Wildman–Crippen MR) is 70.6 cm³/mol. The number of benzene rings is 1. The highest BCUT2D eigenvalue weighted by molar-refractivity contribution is 6.31. The van der Waals surface area contributed by atoms with Gasteiger partial charge in [0.2, 0.25) is 0 Å². The fraction of sp³-hybridized carbons (Fsp3) is 0.538. The quantitative estimate of drug-likeness (QED) is 0.858. The first kappa shape index (κ1) is 13.5. The van der Waals surface area contributed by atoms with Crippen molar-refractivity contribution in [3.05, 3.63) is 34.9 Å². The first-order chi connectivity index (χ1) is 7.44. The summed E-state index contributed by atoms with van der Waals surface area (Å²) in [5.74, 6) is 0. The maximum absolute atomic E-state index is 6.12. The molecule has 1 aromatic carbocycles. The van der Waals surface area contributed by atoms with Crippen molar-refractivity contribution in [1.29, 1.82) is 0 Å². The molecule has 0 aromatic heterocycles. The Morgan fingerprint density at radius 3 is 2.50 bits per heavy atom. The van der Waals surface area contributed by atoms with Crippen LogP contribution in [0.3, 0.4) is 0 Å². The summed E-state index contributed by atoms with van der Waals surface area (Å²) in [4.78, 5) is 2.26. The van der Waals surface area contributed by atoms with Crippen LogP contribution in [0.1, 0.15) is 19.4 Å². The molecule has 0 fully saturated rings. The lowest BCUT2D eigenvalue weighted by atomic mass is 9.93. The molecule has 0 unspecified atom stereocenters.